The van der Waals surface area contributed by atoms with E-state index in [-0.39, 0.29) is 11.4 Å². The van der Waals surface area contributed by atoms with Crippen LogP contribution in [0.2, 0.25) is 10.2 Å². The number of aliphatic hydroxyl groups is 1. The highest BCUT2D eigenvalue weighted by molar-refractivity contribution is 6.31. The molecule has 1 N–H and O–H groups in total. The van der Waals surface area contributed by atoms with E-state index < -0.39 is 11.9 Å². The number of aryl methyl sites for hydroxylation is 2. The molecular formula is C13H13Cl2FN2O. The summed E-state index contributed by atoms with van der Waals surface area (Å²) in [5, 5.41) is 14.7. The van der Waals surface area contributed by atoms with E-state index in [4.69, 9.17) is 23.2 Å². The lowest BCUT2D eigenvalue weighted by molar-refractivity contribution is 0.176. The second kappa shape index (κ2) is 5.49. The van der Waals surface area contributed by atoms with Gasteiger partial charge in [0.1, 0.15) is 11.0 Å². The molecule has 6 heteroatoms. The molecule has 3 nitrogen and oxygen atoms in total. The van der Waals surface area contributed by atoms with Crippen molar-refractivity contribution in [2.75, 3.05) is 0 Å². The molecule has 1 atom stereocenters. The largest absolute Gasteiger partial charge is 0.388 e. The molecule has 1 aromatic heterocycles. The van der Waals surface area contributed by atoms with Gasteiger partial charge in [0.15, 0.2) is 0 Å². The number of aromatic nitrogens is 2. The minimum atomic E-state index is -0.922. The summed E-state index contributed by atoms with van der Waals surface area (Å²) < 4.78 is 15.3. The van der Waals surface area contributed by atoms with Crippen molar-refractivity contribution in [2.45, 2.75) is 19.4 Å². The van der Waals surface area contributed by atoms with Crippen LogP contribution in [0.1, 0.15) is 22.9 Å². The lowest BCUT2D eigenvalue weighted by Gasteiger charge is -2.12. The molecule has 0 bridgehead atoms. The molecule has 2 rings (SSSR count). The van der Waals surface area contributed by atoms with Gasteiger partial charge in [-0.15, -0.1) is 0 Å². The van der Waals surface area contributed by atoms with Crippen LogP contribution in [0.5, 0.6) is 0 Å². The molecule has 0 aliphatic heterocycles. The third-order valence-corrected chi connectivity index (χ3v) is 3.71. The Hall–Kier alpha value is -1.10. The maximum Gasteiger partial charge on any atom is 0.145 e. The summed E-state index contributed by atoms with van der Waals surface area (Å²) in [7, 11) is 1.69. The van der Waals surface area contributed by atoms with Gasteiger partial charge in [0.05, 0.1) is 16.8 Å². The van der Waals surface area contributed by atoms with Crippen LogP contribution in [-0.2, 0) is 13.5 Å². The van der Waals surface area contributed by atoms with E-state index in [1.165, 1.54) is 10.7 Å². The highest BCUT2D eigenvalue weighted by Crippen LogP contribution is 2.29. The smallest absolute Gasteiger partial charge is 0.145 e. The standard InChI is InChI=1S/C13H13Cl2FN2O/c1-7-11(13(15)18(2)17-7)10(19)6-8-4-3-5-9(14)12(8)16/h3-5,10,19H,6H2,1-2H3. The fourth-order valence-corrected chi connectivity index (χ4v) is 2.54. The molecule has 2 aromatic rings. The molecule has 102 valence electrons. The predicted molar refractivity (Wildman–Crippen MR) is 73.0 cm³/mol. The Labute approximate surface area is 120 Å². The van der Waals surface area contributed by atoms with E-state index in [1.54, 1.807) is 26.1 Å². The molecule has 0 saturated heterocycles. The lowest BCUT2D eigenvalue weighted by Crippen LogP contribution is -2.05. The van der Waals surface area contributed by atoms with Gasteiger partial charge >= 0.3 is 0 Å². The molecule has 0 aliphatic rings. The zero-order valence-corrected chi connectivity index (χ0v) is 12.0. The minimum Gasteiger partial charge on any atom is -0.388 e. The maximum atomic E-state index is 13.8. The zero-order chi connectivity index (χ0) is 14.2. The van der Waals surface area contributed by atoms with Gasteiger partial charge < -0.3 is 5.11 Å². The Kier molecular flexibility index (Phi) is 4.13. The van der Waals surface area contributed by atoms with Crippen LogP contribution >= 0.6 is 23.2 Å². The molecular weight excluding hydrogens is 290 g/mol. The van der Waals surface area contributed by atoms with Gasteiger partial charge in [-0.3, -0.25) is 4.68 Å². The van der Waals surface area contributed by atoms with E-state index in [9.17, 15) is 9.50 Å². The summed E-state index contributed by atoms with van der Waals surface area (Å²) >= 11 is 11.8. The Morgan fingerprint density at radius 3 is 2.68 bits per heavy atom. The third-order valence-electron chi connectivity index (χ3n) is 2.97. The second-order valence-electron chi connectivity index (χ2n) is 4.35. The van der Waals surface area contributed by atoms with Crippen molar-refractivity contribution < 1.29 is 9.50 Å². The molecule has 0 fully saturated rings. The highest BCUT2D eigenvalue weighted by Gasteiger charge is 2.21. The van der Waals surface area contributed by atoms with Crippen molar-refractivity contribution in [3.8, 4) is 0 Å². The number of hydrogen-bond acceptors (Lipinski definition) is 2. The van der Waals surface area contributed by atoms with Crippen LogP contribution in [0, 0.1) is 12.7 Å². The number of benzene rings is 1. The SMILES string of the molecule is Cc1nn(C)c(Cl)c1C(O)Cc1cccc(Cl)c1F. The second-order valence-corrected chi connectivity index (χ2v) is 5.11. The average molecular weight is 303 g/mol. The van der Waals surface area contributed by atoms with Gasteiger partial charge in [-0.2, -0.15) is 5.10 Å². The predicted octanol–water partition coefficient (Wildman–Crippen LogP) is 3.45. The van der Waals surface area contributed by atoms with Crippen LogP contribution in [-0.4, -0.2) is 14.9 Å². The van der Waals surface area contributed by atoms with E-state index in [0.29, 0.717) is 22.0 Å². The fraction of sp³-hybridized carbons (Fsp3) is 0.308. The fourth-order valence-electron chi connectivity index (χ4n) is 2.04. The van der Waals surface area contributed by atoms with Crippen molar-refractivity contribution >= 4 is 23.2 Å². The van der Waals surface area contributed by atoms with E-state index in [0.717, 1.165) is 0 Å². The molecule has 0 spiro atoms. The van der Waals surface area contributed by atoms with Gasteiger partial charge in [-0.25, -0.2) is 4.39 Å². The first-order valence-electron chi connectivity index (χ1n) is 5.71. The Bertz CT molecular complexity index is 613. The van der Waals surface area contributed by atoms with Crippen molar-refractivity contribution in [2.24, 2.45) is 7.05 Å². The van der Waals surface area contributed by atoms with E-state index >= 15 is 0 Å². The number of aliphatic hydroxyl groups excluding tert-OH is 1. The molecule has 1 heterocycles. The zero-order valence-electron chi connectivity index (χ0n) is 10.5. The first-order chi connectivity index (χ1) is 8.91. The van der Waals surface area contributed by atoms with Crippen molar-refractivity contribution in [3.05, 3.63) is 51.0 Å². The lowest BCUT2D eigenvalue weighted by atomic mass is 10.0. The van der Waals surface area contributed by atoms with E-state index in [1.807, 2.05) is 0 Å². The molecule has 19 heavy (non-hydrogen) atoms. The summed E-state index contributed by atoms with van der Waals surface area (Å²) in [5.74, 6) is -0.513. The maximum absolute atomic E-state index is 13.8. The van der Waals surface area contributed by atoms with E-state index in [2.05, 4.69) is 5.10 Å². The van der Waals surface area contributed by atoms with Crippen LogP contribution in [0.25, 0.3) is 0 Å². The number of rotatable bonds is 3. The first kappa shape index (κ1) is 14.3. The Balaban J connectivity index is 2.31. The number of hydrogen-bond donors (Lipinski definition) is 1. The van der Waals surface area contributed by atoms with Gasteiger partial charge in [-0.05, 0) is 18.6 Å². The molecule has 0 amide bonds. The molecule has 0 aliphatic carbocycles. The monoisotopic (exact) mass is 302 g/mol. The van der Waals surface area contributed by atoms with Crippen molar-refractivity contribution in [1.82, 2.24) is 9.78 Å². The summed E-state index contributed by atoms with van der Waals surface area (Å²) in [6.07, 6.45) is -0.826. The Morgan fingerprint density at radius 1 is 1.42 bits per heavy atom. The summed E-state index contributed by atoms with van der Waals surface area (Å²) in [6.45, 7) is 1.75. The Morgan fingerprint density at radius 2 is 2.11 bits per heavy atom. The number of halogens is 3. The third kappa shape index (κ3) is 2.76. The first-order valence-corrected chi connectivity index (χ1v) is 6.47. The highest BCUT2D eigenvalue weighted by atomic mass is 35.5. The summed E-state index contributed by atoms with van der Waals surface area (Å²) in [4.78, 5) is 0. The average Bonchev–Trinajstić information content (AvgIpc) is 2.59. The molecule has 0 radical (unpaired) electrons. The van der Waals surface area contributed by atoms with Crippen molar-refractivity contribution in [3.63, 3.8) is 0 Å². The molecule has 1 unspecified atom stereocenters. The van der Waals surface area contributed by atoms with Gasteiger partial charge in [-0.1, -0.05) is 35.3 Å². The number of nitrogens with zero attached hydrogens (tertiary/aromatic N) is 2. The quantitative estimate of drug-likeness (QED) is 0.943. The van der Waals surface area contributed by atoms with Crippen LogP contribution < -0.4 is 0 Å². The summed E-state index contributed by atoms with van der Waals surface area (Å²) in [5.41, 5.74) is 1.49. The van der Waals surface area contributed by atoms with Crippen LogP contribution in [0.4, 0.5) is 4.39 Å². The van der Waals surface area contributed by atoms with Gasteiger partial charge in [0, 0.05) is 19.0 Å². The van der Waals surface area contributed by atoms with Crippen molar-refractivity contribution in [1.29, 1.82) is 0 Å². The van der Waals surface area contributed by atoms with Gasteiger partial charge in [0.25, 0.3) is 0 Å². The van der Waals surface area contributed by atoms with Crippen LogP contribution in [0.3, 0.4) is 0 Å². The van der Waals surface area contributed by atoms with Gasteiger partial charge in [0.2, 0.25) is 0 Å². The van der Waals surface area contributed by atoms with Crippen LogP contribution in [0.15, 0.2) is 18.2 Å². The minimum absolute atomic E-state index is 0.0405. The molecule has 1 aromatic carbocycles. The normalized spacial score (nSPS) is 12.7. The molecule has 0 saturated carbocycles. The summed E-state index contributed by atoms with van der Waals surface area (Å²) in [6, 6.07) is 4.70. The topological polar surface area (TPSA) is 38.0 Å².